The third kappa shape index (κ3) is 7.82. The maximum atomic E-state index is 13.5. The van der Waals surface area contributed by atoms with E-state index >= 15 is 0 Å². The fraction of sp³-hybridized carbons (Fsp3) is 0.414. The summed E-state index contributed by atoms with van der Waals surface area (Å²) in [5.41, 5.74) is 1.04. The second kappa shape index (κ2) is 14.3. The molecule has 2 aromatic heterocycles. The maximum absolute atomic E-state index is 13.5. The van der Waals surface area contributed by atoms with Crippen LogP contribution in [0.3, 0.4) is 0 Å². The van der Waals surface area contributed by atoms with Crippen molar-refractivity contribution in [1.82, 2.24) is 4.98 Å². The second-order valence-electron chi connectivity index (χ2n) is 9.57. The lowest BCUT2D eigenvalue weighted by Crippen LogP contribution is -2.63. The van der Waals surface area contributed by atoms with Gasteiger partial charge in [0.15, 0.2) is 12.2 Å². The number of ether oxygens (including phenoxy) is 7. The van der Waals surface area contributed by atoms with Gasteiger partial charge in [0.2, 0.25) is 23.6 Å². The van der Waals surface area contributed by atoms with Gasteiger partial charge in [-0.1, -0.05) is 0 Å². The van der Waals surface area contributed by atoms with Gasteiger partial charge in [-0.2, -0.15) is 0 Å². The summed E-state index contributed by atoms with van der Waals surface area (Å²) in [5, 5.41) is 1.67. The number of hydrogen-bond acceptors (Lipinski definition) is 16. The van der Waals surface area contributed by atoms with Crippen LogP contribution in [0.4, 0.5) is 0 Å². The Bertz CT molecular complexity index is 1650. The van der Waals surface area contributed by atoms with E-state index in [0.29, 0.717) is 0 Å². The topological polar surface area (TPSA) is 193 Å². The molecule has 1 aliphatic heterocycles. The molecule has 5 atom stereocenters. The van der Waals surface area contributed by atoms with Crippen molar-refractivity contribution in [3.8, 4) is 17.0 Å². The molecule has 1 fully saturated rings. The first-order chi connectivity index (χ1) is 21.4. The van der Waals surface area contributed by atoms with Crippen LogP contribution in [-0.4, -0.2) is 78.8 Å². The number of hydrogen-bond donors (Lipinski definition) is 0. The van der Waals surface area contributed by atoms with E-state index in [9.17, 15) is 28.8 Å². The number of aromatic nitrogens is 1. The largest absolute Gasteiger partial charge is 0.463 e. The molecule has 3 heterocycles. The zero-order valence-corrected chi connectivity index (χ0v) is 25.6. The van der Waals surface area contributed by atoms with Crippen LogP contribution in [0.2, 0.25) is 0 Å². The summed E-state index contributed by atoms with van der Waals surface area (Å²) in [5.74, 6) is -4.34. The minimum absolute atomic E-state index is 0.00256. The molecule has 0 N–H and O–H groups in total. The highest BCUT2D eigenvalue weighted by Crippen LogP contribution is 2.33. The van der Waals surface area contributed by atoms with Gasteiger partial charge in [-0.3, -0.25) is 24.0 Å². The molecule has 16 heteroatoms. The van der Waals surface area contributed by atoms with Crippen LogP contribution in [0.1, 0.15) is 45.2 Å². The van der Waals surface area contributed by atoms with Crippen LogP contribution in [-0.2, 0) is 47.6 Å². The Morgan fingerprint density at radius 2 is 1.56 bits per heavy atom. The Hall–Kier alpha value is -4.83. The highest BCUT2D eigenvalue weighted by molar-refractivity contribution is 7.07. The van der Waals surface area contributed by atoms with Gasteiger partial charge in [-0.25, -0.2) is 9.78 Å². The standard InChI is InChI=1S/C29H29NO14S/c1-6-37-28(36)25-22(19-11-45-12-30-19)23(35)18-8-7-17(9-20(18)43-25)42-29-27(41-16(5)34)26(40-15(4)33)24(39-14(3)32)21(44-29)10-38-13(2)31/h7-9,11-12,21,24,26-27,29H,6,10H2,1-5H3/t21-,24-,26+,27-,29+/m0/s1. The summed E-state index contributed by atoms with van der Waals surface area (Å²) < 4.78 is 44.2. The van der Waals surface area contributed by atoms with Crippen LogP contribution in [0.25, 0.3) is 22.2 Å². The highest BCUT2D eigenvalue weighted by Gasteiger charge is 2.53. The lowest BCUT2D eigenvalue weighted by atomic mass is 9.98. The number of nitrogens with zero attached hydrogens (tertiary/aromatic N) is 1. The summed E-state index contributed by atoms with van der Waals surface area (Å²) in [6.07, 6.45) is -7.10. The molecule has 0 unspecified atom stereocenters. The first-order valence-corrected chi connectivity index (χ1v) is 14.5. The number of fused-ring (bicyclic) bond motifs is 1. The van der Waals surface area contributed by atoms with E-state index in [1.807, 2.05) is 0 Å². The Morgan fingerprint density at radius 3 is 2.16 bits per heavy atom. The maximum Gasteiger partial charge on any atom is 0.375 e. The van der Waals surface area contributed by atoms with Crippen molar-refractivity contribution in [3.05, 3.63) is 45.1 Å². The van der Waals surface area contributed by atoms with Gasteiger partial charge in [-0.05, 0) is 19.1 Å². The number of thiazole rings is 1. The minimum Gasteiger partial charge on any atom is -0.463 e. The lowest BCUT2D eigenvalue weighted by molar-refractivity contribution is -0.288. The molecule has 1 aromatic carbocycles. The van der Waals surface area contributed by atoms with Gasteiger partial charge in [-0.15, -0.1) is 11.3 Å². The molecule has 240 valence electrons. The average molecular weight is 648 g/mol. The third-order valence-corrected chi connectivity index (χ3v) is 6.80. The highest BCUT2D eigenvalue weighted by atomic mass is 32.1. The summed E-state index contributed by atoms with van der Waals surface area (Å²) in [4.78, 5) is 78.2. The monoisotopic (exact) mass is 647 g/mol. The number of carbonyl (C=O) groups excluding carboxylic acids is 5. The van der Waals surface area contributed by atoms with E-state index in [2.05, 4.69) is 4.98 Å². The smallest absolute Gasteiger partial charge is 0.375 e. The minimum atomic E-state index is -1.53. The molecule has 45 heavy (non-hydrogen) atoms. The van der Waals surface area contributed by atoms with Crippen LogP contribution >= 0.6 is 11.3 Å². The predicted molar refractivity (Wildman–Crippen MR) is 152 cm³/mol. The first kappa shape index (κ1) is 33.1. The third-order valence-electron chi connectivity index (χ3n) is 6.21. The molecule has 1 aliphatic rings. The van der Waals surface area contributed by atoms with E-state index in [1.165, 1.54) is 35.0 Å². The van der Waals surface area contributed by atoms with Gasteiger partial charge in [0.25, 0.3) is 0 Å². The Labute approximate surface area is 259 Å². The fourth-order valence-corrected chi connectivity index (χ4v) is 5.12. The van der Waals surface area contributed by atoms with Gasteiger partial charge in [0.1, 0.15) is 24.0 Å². The van der Waals surface area contributed by atoms with Crippen molar-refractivity contribution >= 4 is 52.2 Å². The normalized spacial score (nSPS) is 21.0. The van der Waals surface area contributed by atoms with Crippen molar-refractivity contribution in [3.63, 3.8) is 0 Å². The molecule has 0 radical (unpaired) electrons. The zero-order valence-electron chi connectivity index (χ0n) is 24.8. The second-order valence-corrected chi connectivity index (χ2v) is 10.3. The van der Waals surface area contributed by atoms with E-state index in [1.54, 1.807) is 12.3 Å². The molecule has 0 aliphatic carbocycles. The van der Waals surface area contributed by atoms with Crippen molar-refractivity contribution < 1.29 is 61.5 Å². The van der Waals surface area contributed by atoms with Crippen molar-refractivity contribution in [2.75, 3.05) is 13.2 Å². The van der Waals surface area contributed by atoms with Crippen LogP contribution in [0.5, 0.6) is 5.75 Å². The molecular weight excluding hydrogens is 618 g/mol. The van der Waals surface area contributed by atoms with Crippen LogP contribution in [0, 0.1) is 0 Å². The number of rotatable bonds is 10. The van der Waals surface area contributed by atoms with E-state index < -0.39 is 72.6 Å². The molecular formula is C29H29NO14S. The number of esters is 5. The SMILES string of the molecule is CCOC(=O)c1oc2cc(O[C@@H]3O[C@@H](COC(C)=O)[C@H](OC(C)=O)[C@@H](OC(C)=O)[C@@H]3OC(C)=O)ccc2c(=O)c1-c1cscn1. The Balaban J connectivity index is 1.78. The molecule has 15 nitrogen and oxygen atoms in total. The van der Waals surface area contributed by atoms with E-state index in [-0.39, 0.29) is 40.3 Å². The van der Waals surface area contributed by atoms with Crippen molar-refractivity contribution in [2.24, 2.45) is 0 Å². The van der Waals surface area contributed by atoms with E-state index in [4.69, 9.17) is 37.6 Å². The predicted octanol–water partition coefficient (Wildman–Crippen LogP) is 2.56. The average Bonchev–Trinajstić information content (AvgIpc) is 3.49. The molecule has 0 amide bonds. The van der Waals surface area contributed by atoms with Crippen molar-refractivity contribution in [2.45, 2.75) is 65.3 Å². The zero-order chi connectivity index (χ0) is 32.8. The number of benzene rings is 1. The molecule has 0 saturated carbocycles. The first-order valence-electron chi connectivity index (χ1n) is 13.5. The van der Waals surface area contributed by atoms with Gasteiger partial charge >= 0.3 is 29.8 Å². The lowest BCUT2D eigenvalue weighted by Gasteiger charge is -2.43. The molecule has 3 aromatic rings. The van der Waals surface area contributed by atoms with E-state index in [0.717, 1.165) is 27.7 Å². The molecule has 4 rings (SSSR count). The summed E-state index contributed by atoms with van der Waals surface area (Å²) in [7, 11) is 0. The molecule has 0 spiro atoms. The Morgan fingerprint density at radius 1 is 0.889 bits per heavy atom. The molecule has 1 saturated heterocycles. The van der Waals surface area contributed by atoms with Gasteiger partial charge in [0, 0.05) is 39.1 Å². The number of carbonyl (C=O) groups is 5. The van der Waals surface area contributed by atoms with Crippen molar-refractivity contribution in [1.29, 1.82) is 0 Å². The fourth-order valence-electron chi connectivity index (χ4n) is 4.57. The summed E-state index contributed by atoms with van der Waals surface area (Å²) >= 11 is 1.22. The summed E-state index contributed by atoms with van der Waals surface area (Å²) in [6.45, 7) is 5.60. The van der Waals surface area contributed by atoms with Gasteiger partial charge < -0.3 is 37.6 Å². The quantitative estimate of drug-likeness (QED) is 0.230. The Kier molecular flexibility index (Phi) is 10.5. The van der Waals surface area contributed by atoms with Crippen LogP contribution in [0.15, 0.2) is 38.3 Å². The molecule has 0 bridgehead atoms. The van der Waals surface area contributed by atoms with Gasteiger partial charge in [0.05, 0.1) is 28.8 Å². The summed E-state index contributed by atoms with van der Waals surface area (Å²) in [6, 6.07) is 4.06. The van der Waals surface area contributed by atoms with Crippen LogP contribution < -0.4 is 10.2 Å².